The van der Waals surface area contributed by atoms with Crippen molar-refractivity contribution in [3.8, 4) is 0 Å². The Bertz CT molecular complexity index is 535. The quantitative estimate of drug-likeness (QED) is 0.821. The summed E-state index contributed by atoms with van der Waals surface area (Å²) in [6.07, 6.45) is -0.396. The molecular formula is C15H22O4S. The van der Waals surface area contributed by atoms with Crippen LogP contribution in [-0.2, 0) is 21.0 Å². The van der Waals surface area contributed by atoms with Gasteiger partial charge >= 0.3 is 0 Å². The largest absolute Gasteiger partial charge is 0.339 e. The van der Waals surface area contributed by atoms with E-state index in [-0.39, 0.29) is 11.2 Å². The van der Waals surface area contributed by atoms with Crippen molar-refractivity contribution < 1.29 is 18.6 Å². The Kier molecular flexibility index (Phi) is 3.02. The molecule has 1 aromatic carbocycles. The highest BCUT2D eigenvalue weighted by Gasteiger charge is 2.49. The van der Waals surface area contributed by atoms with Crippen molar-refractivity contribution in [1.29, 1.82) is 0 Å². The van der Waals surface area contributed by atoms with Crippen molar-refractivity contribution in [1.82, 2.24) is 0 Å². The highest BCUT2D eigenvalue weighted by molar-refractivity contribution is 8.23. The van der Waals surface area contributed by atoms with Crippen LogP contribution in [0.3, 0.4) is 0 Å². The fraction of sp³-hybridized carbons (Fsp3) is 0.600. The highest BCUT2D eigenvalue weighted by Crippen LogP contribution is 2.53. The summed E-state index contributed by atoms with van der Waals surface area (Å²) < 4.78 is 31.7. The van der Waals surface area contributed by atoms with Crippen molar-refractivity contribution in [3.63, 3.8) is 0 Å². The van der Waals surface area contributed by atoms with Crippen molar-refractivity contribution in [2.75, 3.05) is 0 Å². The molecule has 2 aliphatic heterocycles. The van der Waals surface area contributed by atoms with Crippen LogP contribution in [0.25, 0.3) is 0 Å². The lowest BCUT2D eigenvalue weighted by Crippen LogP contribution is -2.41. The predicted octanol–water partition coefficient (Wildman–Crippen LogP) is 4.05. The minimum atomic E-state index is -2.47. The van der Waals surface area contributed by atoms with Gasteiger partial charge in [0.1, 0.15) is 0 Å². The lowest BCUT2D eigenvalue weighted by molar-refractivity contribution is -0.0896. The summed E-state index contributed by atoms with van der Waals surface area (Å²) in [4.78, 5) is 0. The normalized spacial score (nSPS) is 28.3. The Morgan fingerprint density at radius 2 is 1.55 bits per heavy atom. The summed E-state index contributed by atoms with van der Waals surface area (Å²) in [7, 11) is -2.47. The maximum absolute atomic E-state index is 9.81. The first kappa shape index (κ1) is 14.4. The first-order chi connectivity index (χ1) is 9.10. The second kappa shape index (κ2) is 4.21. The molecule has 20 heavy (non-hydrogen) atoms. The molecule has 2 aliphatic rings. The van der Waals surface area contributed by atoms with E-state index in [1.807, 2.05) is 45.9 Å². The van der Waals surface area contributed by atoms with Gasteiger partial charge in [-0.25, -0.2) is 0 Å². The molecule has 0 atom stereocenters. The van der Waals surface area contributed by atoms with Gasteiger partial charge in [-0.05, 0) is 44.9 Å². The Labute approximate surface area is 121 Å². The molecule has 1 fully saturated rings. The van der Waals surface area contributed by atoms with E-state index in [0.29, 0.717) is 11.5 Å². The van der Waals surface area contributed by atoms with Crippen LogP contribution >= 0.6 is 10.6 Å². The molecule has 0 bridgehead atoms. The van der Waals surface area contributed by atoms with Crippen LogP contribution in [-0.4, -0.2) is 20.3 Å². The van der Waals surface area contributed by atoms with Crippen LogP contribution in [0.2, 0.25) is 0 Å². The maximum Gasteiger partial charge on any atom is 0.185 e. The number of hydrogen-bond acceptors (Lipinski definition) is 4. The molecule has 1 aromatic rings. The first-order valence-corrected chi connectivity index (χ1v) is 8.69. The molecule has 0 saturated carbocycles. The lowest BCUT2D eigenvalue weighted by atomic mass is 9.90. The van der Waals surface area contributed by atoms with E-state index in [9.17, 15) is 9.11 Å². The van der Waals surface area contributed by atoms with Crippen molar-refractivity contribution in [2.24, 2.45) is 0 Å². The number of benzene rings is 1. The second-order valence-electron chi connectivity index (χ2n) is 6.71. The van der Waals surface area contributed by atoms with Crippen LogP contribution < -0.4 is 0 Å². The van der Waals surface area contributed by atoms with Crippen LogP contribution in [0.4, 0.5) is 0 Å². The van der Waals surface area contributed by atoms with Crippen molar-refractivity contribution in [3.05, 3.63) is 34.9 Å². The van der Waals surface area contributed by atoms with Crippen molar-refractivity contribution >= 4 is 10.6 Å². The van der Waals surface area contributed by atoms with Gasteiger partial charge in [0.05, 0.1) is 22.7 Å². The van der Waals surface area contributed by atoms with Crippen LogP contribution in [0.15, 0.2) is 18.2 Å². The summed E-state index contributed by atoms with van der Waals surface area (Å²) in [5.41, 5.74) is 2.24. The zero-order valence-electron chi connectivity index (χ0n) is 12.3. The van der Waals surface area contributed by atoms with Gasteiger partial charge in [0.15, 0.2) is 6.29 Å². The maximum atomic E-state index is 9.81. The van der Waals surface area contributed by atoms with Crippen LogP contribution in [0.5, 0.6) is 0 Å². The molecular weight excluding hydrogens is 276 g/mol. The van der Waals surface area contributed by atoms with E-state index in [2.05, 4.69) is 0 Å². The van der Waals surface area contributed by atoms with Gasteiger partial charge in [-0.2, -0.15) is 10.6 Å². The minimum Gasteiger partial charge on any atom is -0.339 e. The number of rotatable bonds is 1. The minimum absolute atomic E-state index is 0.343. The molecule has 2 heterocycles. The Balaban J connectivity index is 1.88. The standard InChI is InChI=1S/C15H22O4S/c1-14(2)15(3,4)19-13(18-14)10-5-6-11-8-20(16,17)9-12(11)7-10/h5-7,13,16-17H,8-9H2,1-4H3. The fourth-order valence-corrected chi connectivity index (χ4v) is 4.24. The number of fused-ring (bicyclic) bond motifs is 1. The third-order valence-corrected chi connectivity index (χ3v) is 6.08. The van der Waals surface area contributed by atoms with Gasteiger partial charge in [-0.3, -0.25) is 9.11 Å². The van der Waals surface area contributed by atoms with Crippen molar-refractivity contribution in [2.45, 2.75) is 56.7 Å². The molecule has 0 aliphatic carbocycles. The molecule has 0 unspecified atom stereocenters. The first-order valence-electron chi connectivity index (χ1n) is 6.81. The number of ether oxygens (including phenoxy) is 2. The summed E-state index contributed by atoms with van der Waals surface area (Å²) in [5.74, 6) is 0.710. The Morgan fingerprint density at radius 1 is 1.00 bits per heavy atom. The van der Waals surface area contributed by atoms with Crippen LogP contribution in [0, 0.1) is 0 Å². The topological polar surface area (TPSA) is 58.9 Å². The van der Waals surface area contributed by atoms with Gasteiger partial charge in [-0.15, -0.1) is 0 Å². The Hall–Kier alpha value is -0.590. The predicted molar refractivity (Wildman–Crippen MR) is 79.8 cm³/mol. The molecule has 112 valence electrons. The number of hydrogen-bond donors (Lipinski definition) is 2. The second-order valence-corrected chi connectivity index (χ2v) is 8.89. The smallest absolute Gasteiger partial charge is 0.185 e. The van der Waals surface area contributed by atoms with Gasteiger partial charge in [-0.1, -0.05) is 12.1 Å². The summed E-state index contributed by atoms with van der Waals surface area (Å²) in [5, 5.41) is 0. The molecule has 2 N–H and O–H groups in total. The SMILES string of the molecule is CC1(C)OC(c2ccc3c(c2)CS(O)(O)C3)OC1(C)C. The van der Waals surface area contributed by atoms with E-state index in [1.165, 1.54) is 0 Å². The summed E-state index contributed by atoms with van der Waals surface area (Å²) >= 11 is 0. The zero-order valence-corrected chi connectivity index (χ0v) is 13.2. The molecule has 0 aromatic heterocycles. The van der Waals surface area contributed by atoms with E-state index in [0.717, 1.165) is 16.7 Å². The lowest BCUT2D eigenvalue weighted by Gasteiger charge is -2.30. The third kappa shape index (κ3) is 2.27. The van der Waals surface area contributed by atoms with Gasteiger partial charge in [0.2, 0.25) is 0 Å². The molecule has 5 heteroatoms. The molecule has 4 nitrogen and oxygen atoms in total. The van der Waals surface area contributed by atoms with E-state index < -0.39 is 16.9 Å². The van der Waals surface area contributed by atoms with E-state index in [1.54, 1.807) is 0 Å². The van der Waals surface area contributed by atoms with E-state index in [4.69, 9.17) is 9.47 Å². The molecule has 0 radical (unpaired) electrons. The Morgan fingerprint density at radius 3 is 2.15 bits per heavy atom. The highest BCUT2D eigenvalue weighted by atomic mass is 32.3. The van der Waals surface area contributed by atoms with Gasteiger partial charge < -0.3 is 9.47 Å². The monoisotopic (exact) mass is 298 g/mol. The van der Waals surface area contributed by atoms with Crippen LogP contribution in [0.1, 0.15) is 50.7 Å². The molecule has 0 amide bonds. The van der Waals surface area contributed by atoms with Gasteiger partial charge in [0.25, 0.3) is 0 Å². The average Bonchev–Trinajstić information content (AvgIpc) is 2.69. The third-order valence-electron chi connectivity index (χ3n) is 4.53. The average molecular weight is 298 g/mol. The molecule has 3 rings (SSSR count). The molecule has 1 saturated heterocycles. The zero-order chi connectivity index (χ0) is 14.8. The summed E-state index contributed by atoms with van der Waals surface area (Å²) in [6, 6.07) is 5.90. The summed E-state index contributed by atoms with van der Waals surface area (Å²) in [6.45, 7) is 8.10. The fourth-order valence-electron chi connectivity index (χ4n) is 2.60. The van der Waals surface area contributed by atoms with E-state index >= 15 is 0 Å². The van der Waals surface area contributed by atoms with Gasteiger partial charge in [0, 0.05) is 5.56 Å². The molecule has 0 spiro atoms.